The molecule has 8 nitrogen and oxygen atoms in total. The first-order chi connectivity index (χ1) is 16.2. The van der Waals surface area contributed by atoms with E-state index in [-0.39, 0.29) is 23.6 Å². The van der Waals surface area contributed by atoms with E-state index in [1.807, 2.05) is 6.07 Å². The molecule has 1 aromatic heterocycles. The SMILES string of the molecule is N#C/C(=C/c1ccc(CNC(=O)C(=O)Nc2cc(Cl)cc(Cl)c2)o1)C(=O)Nc1cccc(Br)c1. The Morgan fingerprint density at radius 2 is 1.65 bits per heavy atom. The van der Waals surface area contributed by atoms with Gasteiger partial charge in [-0.05, 0) is 48.5 Å². The van der Waals surface area contributed by atoms with Gasteiger partial charge >= 0.3 is 11.8 Å². The summed E-state index contributed by atoms with van der Waals surface area (Å²) in [4.78, 5) is 36.5. The van der Waals surface area contributed by atoms with Crippen molar-refractivity contribution in [3.63, 3.8) is 0 Å². The molecule has 3 amide bonds. The van der Waals surface area contributed by atoms with Crippen molar-refractivity contribution < 1.29 is 18.8 Å². The Morgan fingerprint density at radius 1 is 0.941 bits per heavy atom. The molecule has 0 aliphatic rings. The van der Waals surface area contributed by atoms with Crippen molar-refractivity contribution in [2.45, 2.75) is 6.54 Å². The van der Waals surface area contributed by atoms with Gasteiger partial charge in [0.2, 0.25) is 0 Å². The van der Waals surface area contributed by atoms with Crippen molar-refractivity contribution in [3.05, 3.63) is 86.2 Å². The van der Waals surface area contributed by atoms with Gasteiger partial charge in [0.05, 0.1) is 6.54 Å². The van der Waals surface area contributed by atoms with Gasteiger partial charge in [0, 0.05) is 32.0 Å². The van der Waals surface area contributed by atoms with Crippen LogP contribution in [-0.2, 0) is 20.9 Å². The lowest BCUT2D eigenvalue weighted by Crippen LogP contribution is -2.34. The molecule has 0 atom stereocenters. The summed E-state index contributed by atoms with van der Waals surface area (Å²) in [5.41, 5.74) is 0.611. The van der Waals surface area contributed by atoms with Gasteiger partial charge in [-0.15, -0.1) is 0 Å². The summed E-state index contributed by atoms with van der Waals surface area (Å²) in [6.07, 6.45) is 1.27. The van der Waals surface area contributed by atoms with Crippen LogP contribution in [0.15, 0.2) is 69.1 Å². The minimum atomic E-state index is -0.916. The summed E-state index contributed by atoms with van der Waals surface area (Å²) in [5, 5.41) is 17.4. The van der Waals surface area contributed by atoms with Crippen LogP contribution in [0.2, 0.25) is 10.0 Å². The molecule has 11 heteroatoms. The van der Waals surface area contributed by atoms with E-state index in [1.54, 1.807) is 30.3 Å². The highest BCUT2D eigenvalue weighted by atomic mass is 79.9. The van der Waals surface area contributed by atoms with Gasteiger partial charge in [-0.2, -0.15) is 5.26 Å². The van der Waals surface area contributed by atoms with Crippen LogP contribution in [0.1, 0.15) is 11.5 Å². The molecule has 34 heavy (non-hydrogen) atoms. The minimum absolute atomic E-state index is 0.0947. The highest BCUT2D eigenvalue weighted by molar-refractivity contribution is 9.10. The molecular formula is C23H15BrCl2N4O4. The lowest BCUT2D eigenvalue weighted by Gasteiger charge is -2.06. The van der Waals surface area contributed by atoms with Crippen LogP contribution in [0.4, 0.5) is 11.4 Å². The number of carbonyl (C=O) groups is 3. The summed E-state index contributed by atoms with van der Waals surface area (Å²) >= 11 is 15.0. The number of benzene rings is 2. The lowest BCUT2D eigenvalue weighted by molar-refractivity contribution is -0.136. The van der Waals surface area contributed by atoms with Gasteiger partial charge in [-0.3, -0.25) is 14.4 Å². The molecule has 0 unspecified atom stereocenters. The molecule has 0 aliphatic heterocycles. The molecular weight excluding hydrogens is 547 g/mol. The monoisotopic (exact) mass is 560 g/mol. The topological polar surface area (TPSA) is 124 Å². The largest absolute Gasteiger partial charge is 0.460 e. The highest BCUT2D eigenvalue weighted by Gasteiger charge is 2.15. The van der Waals surface area contributed by atoms with E-state index in [0.717, 1.165) is 4.47 Å². The van der Waals surface area contributed by atoms with Crippen molar-refractivity contribution in [1.29, 1.82) is 5.26 Å². The quantitative estimate of drug-likeness (QED) is 0.218. The molecule has 0 spiro atoms. The number of halogens is 3. The molecule has 1 heterocycles. The summed E-state index contributed by atoms with van der Waals surface area (Å²) < 4.78 is 6.29. The second kappa shape index (κ2) is 11.5. The number of nitriles is 1. The number of hydrogen-bond acceptors (Lipinski definition) is 5. The van der Waals surface area contributed by atoms with Crippen LogP contribution in [0, 0.1) is 11.3 Å². The van der Waals surface area contributed by atoms with Crippen LogP contribution in [0.25, 0.3) is 6.08 Å². The van der Waals surface area contributed by atoms with E-state index in [2.05, 4.69) is 31.9 Å². The molecule has 0 saturated heterocycles. The minimum Gasteiger partial charge on any atom is -0.460 e. The molecule has 3 rings (SSSR count). The fourth-order valence-corrected chi connectivity index (χ4v) is 3.61. The second-order valence-electron chi connectivity index (χ2n) is 6.73. The summed E-state index contributed by atoms with van der Waals surface area (Å²) in [5.74, 6) is -1.90. The van der Waals surface area contributed by atoms with E-state index in [0.29, 0.717) is 21.5 Å². The number of nitrogens with zero attached hydrogens (tertiary/aromatic N) is 1. The number of rotatable bonds is 6. The fourth-order valence-electron chi connectivity index (χ4n) is 2.68. The van der Waals surface area contributed by atoms with Gasteiger partial charge in [-0.25, -0.2) is 0 Å². The zero-order valence-electron chi connectivity index (χ0n) is 17.2. The molecule has 0 aliphatic carbocycles. The number of hydrogen-bond donors (Lipinski definition) is 3. The number of carbonyl (C=O) groups excluding carboxylic acids is 3. The van der Waals surface area contributed by atoms with Gasteiger partial charge < -0.3 is 20.4 Å². The van der Waals surface area contributed by atoms with Crippen LogP contribution < -0.4 is 16.0 Å². The van der Waals surface area contributed by atoms with Gasteiger partial charge in [-0.1, -0.05) is 45.2 Å². The fraction of sp³-hybridized carbons (Fsp3) is 0.0435. The summed E-state index contributed by atoms with van der Waals surface area (Å²) in [6.45, 7) is -0.0947. The number of nitrogens with one attached hydrogen (secondary N) is 3. The van der Waals surface area contributed by atoms with Crippen LogP contribution >= 0.6 is 39.1 Å². The molecule has 172 valence electrons. The zero-order chi connectivity index (χ0) is 24.7. The molecule has 0 bridgehead atoms. The zero-order valence-corrected chi connectivity index (χ0v) is 20.3. The van der Waals surface area contributed by atoms with Crippen molar-refractivity contribution >= 4 is 74.3 Å². The maximum Gasteiger partial charge on any atom is 0.313 e. The molecule has 0 fully saturated rings. The molecule has 2 aromatic carbocycles. The third-order valence-electron chi connectivity index (χ3n) is 4.17. The number of furan rings is 1. The molecule has 0 radical (unpaired) electrons. The number of amides is 3. The van der Waals surface area contributed by atoms with Crippen molar-refractivity contribution in [2.24, 2.45) is 0 Å². The Bertz CT molecular complexity index is 1310. The Kier molecular flexibility index (Phi) is 8.49. The first-order valence-electron chi connectivity index (χ1n) is 9.56. The lowest BCUT2D eigenvalue weighted by atomic mass is 10.2. The predicted molar refractivity (Wildman–Crippen MR) is 132 cm³/mol. The van der Waals surface area contributed by atoms with Gasteiger partial charge in [0.1, 0.15) is 23.2 Å². The average Bonchev–Trinajstić information content (AvgIpc) is 3.22. The Morgan fingerprint density at radius 3 is 2.32 bits per heavy atom. The average molecular weight is 562 g/mol. The maximum atomic E-state index is 12.4. The van der Waals surface area contributed by atoms with Crippen LogP contribution in [0.3, 0.4) is 0 Å². The summed E-state index contributed by atoms with van der Waals surface area (Å²) in [6, 6.07) is 16.2. The molecule has 3 aromatic rings. The second-order valence-corrected chi connectivity index (χ2v) is 8.52. The van der Waals surface area contributed by atoms with Gasteiger partial charge in [0.25, 0.3) is 5.91 Å². The normalized spacial score (nSPS) is 10.8. The van der Waals surface area contributed by atoms with E-state index >= 15 is 0 Å². The molecule has 3 N–H and O–H groups in total. The van der Waals surface area contributed by atoms with Crippen molar-refractivity contribution in [1.82, 2.24) is 5.32 Å². The maximum absolute atomic E-state index is 12.4. The summed E-state index contributed by atoms with van der Waals surface area (Å²) in [7, 11) is 0. The molecule has 0 saturated carbocycles. The van der Waals surface area contributed by atoms with E-state index in [9.17, 15) is 19.6 Å². The van der Waals surface area contributed by atoms with E-state index in [4.69, 9.17) is 27.6 Å². The van der Waals surface area contributed by atoms with Crippen LogP contribution in [0.5, 0.6) is 0 Å². The van der Waals surface area contributed by atoms with Gasteiger partial charge in [0.15, 0.2) is 0 Å². The van der Waals surface area contributed by atoms with E-state index < -0.39 is 17.7 Å². The Labute approximate surface area is 212 Å². The standard InChI is InChI=1S/C23H15BrCl2N4O4/c24-14-2-1-3-17(7-14)29-21(31)13(11-27)6-19-4-5-20(34-19)12-28-22(32)23(33)30-18-9-15(25)8-16(26)10-18/h1-10H,12H2,(H,28,32)(H,29,31)(H,30,33)/b13-6-. The highest BCUT2D eigenvalue weighted by Crippen LogP contribution is 2.22. The van der Waals surface area contributed by atoms with E-state index in [1.165, 1.54) is 30.3 Å². The Balaban J connectivity index is 1.58. The predicted octanol–water partition coefficient (Wildman–Crippen LogP) is 5.15. The third kappa shape index (κ3) is 7.22. The first-order valence-corrected chi connectivity index (χ1v) is 11.1. The van der Waals surface area contributed by atoms with Crippen LogP contribution in [-0.4, -0.2) is 17.7 Å². The third-order valence-corrected chi connectivity index (χ3v) is 5.10. The van der Waals surface area contributed by atoms with Crippen molar-refractivity contribution in [3.8, 4) is 6.07 Å². The first kappa shape index (κ1) is 25.1. The smallest absolute Gasteiger partial charge is 0.313 e. The number of anilines is 2. The van der Waals surface area contributed by atoms with Crippen molar-refractivity contribution in [2.75, 3.05) is 10.6 Å². The Hall–Kier alpha value is -3.58.